The number of aliphatic hydroxyl groups excluding tert-OH is 1. The van der Waals surface area contributed by atoms with Crippen molar-refractivity contribution in [3.8, 4) is 0 Å². The van der Waals surface area contributed by atoms with Crippen LogP contribution in [0.1, 0.15) is 26.7 Å². The Kier molecular flexibility index (Phi) is 4.73. The van der Waals surface area contributed by atoms with E-state index in [9.17, 15) is 4.79 Å². The molecule has 1 aliphatic rings. The lowest BCUT2D eigenvalue weighted by molar-refractivity contribution is 0.142. The highest BCUT2D eigenvalue weighted by molar-refractivity contribution is 5.93. The van der Waals surface area contributed by atoms with Gasteiger partial charge in [-0.1, -0.05) is 13.8 Å². The van der Waals surface area contributed by atoms with Crippen molar-refractivity contribution >= 4 is 11.9 Å². The number of rotatable bonds is 2. The topological polar surface area (TPSA) is 78.9 Å². The second-order valence-electron chi connectivity index (χ2n) is 4.59. The smallest absolute Gasteiger partial charge is 0.345 e. The predicted octanol–water partition coefficient (Wildman–Crippen LogP) is 0.824. The molecular weight excluding hydrogens is 206 g/mol. The summed E-state index contributed by atoms with van der Waals surface area (Å²) in [5.41, 5.74) is 5.64. The van der Waals surface area contributed by atoms with E-state index in [0.29, 0.717) is 24.8 Å². The fourth-order valence-corrected chi connectivity index (χ4v) is 1.62. The van der Waals surface area contributed by atoms with Crippen molar-refractivity contribution < 1.29 is 9.90 Å². The van der Waals surface area contributed by atoms with E-state index in [1.807, 2.05) is 13.8 Å². The number of likely N-dealkylation sites (tertiary alicyclic amines) is 1. The van der Waals surface area contributed by atoms with Crippen molar-refractivity contribution in [3.05, 3.63) is 0 Å². The summed E-state index contributed by atoms with van der Waals surface area (Å²) in [5.74, 6) is 0.809. The Morgan fingerprint density at radius 1 is 1.50 bits per heavy atom. The van der Waals surface area contributed by atoms with Gasteiger partial charge in [0.2, 0.25) is 0 Å². The summed E-state index contributed by atoms with van der Waals surface area (Å²) in [5, 5.41) is 8.98. The zero-order chi connectivity index (χ0) is 12.1. The zero-order valence-corrected chi connectivity index (χ0v) is 10.0. The van der Waals surface area contributed by atoms with Crippen LogP contribution in [-0.4, -0.2) is 41.6 Å². The van der Waals surface area contributed by atoms with Gasteiger partial charge in [0.05, 0.1) is 0 Å². The summed E-state index contributed by atoms with van der Waals surface area (Å²) >= 11 is 0. The molecule has 0 radical (unpaired) electrons. The highest BCUT2D eigenvalue weighted by Gasteiger charge is 2.22. The second kappa shape index (κ2) is 5.84. The van der Waals surface area contributed by atoms with E-state index >= 15 is 0 Å². The minimum Gasteiger partial charge on any atom is -0.396 e. The molecule has 16 heavy (non-hydrogen) atoms. The number of urea groups is 1. The van der Waals surface area contributed by atoms with Crippen molar-refractivity contribution in [2.75, 3.05) is 19.7 Å². The van der Waals surface area contributed by atoms with Crippen molar-refractivity contribution in [3.63, 3.8) is 0 Å². The maximum absolute atomic E-state index is 11.7. The van der Waals surface area contributed by atoms with Gasteiger partial charge in [-0.3, -0.25) is 0 Å². The SMILES string of the molecule is CC(C)/C(N)=N/C(=O)N1CCC(CO)CC1. The van der Waals surface area contributed by atoms with Crippen LogP contribution in [0.5, 0.6) is 0 Å². The summed E-state index contributed by atoms with van der Waals surface area (Å²) < 4.78 is 0. The van der Waals surface area contributed by atoms with Crippen molar-refractivity contribution in [1.82, 2.24) is 4.90 Å². The van der Waals surface area contributed by atoms with Gasteiger partial charge in [-0.25, -0.2) is 4.79 Å². The first kappa shape index (κ1) is 13.0. The molecule has 2 amide bonds. The van der Waals surface area contributed by atoms with Gasteiger partial charge in [0.1, 0.15) is 5.84 Å². The molecule has 0 atom stereocenters. The van der Waals surface area contributed by atoms with E-state index < -0.39 is 0 Å². The average molecular weight is 227 g/mol. The van der Waals surface area contributed by atoms with Crippen LogP contribution < -0.4 is 5.73 Å². The van der Waals surface area contributed by atoms with E-state index in [4.69, 9.17) is 10.8 Å². The molecule has 0 aromatic carbocycles. The lowest BCUT2D eigenvalue weighted by Gasteiger charge is -2.29. The Hall–Kier alpha value is -1.10. The number of carbonyl (C=O) groups is 1. The van der Waals surface area contributed by atoms with Crippen LogP contribution in [0.2, 0.25) is 0 Å². The van der Waals surface area contributed by atoms with Gasteiger partial charge in [0.15, 0.2) is 0 Å². The van der Waals surface area contributed by atoms with Gasteiger partial charge in [-0.2, -0.15) is 4.99 Å². The number of hydrogen-bond acceptors (Lipinski definition) is 2. The van der Waals surface area contributed by atoms with Crippen LogP contribution in [0.25, 0.3) is 0 Å². The van der Waals surface area contributed by atoms with Crippen molar-refractivity contribution in [2.24, 2.45) is 22.6 Å². The largest absolute Gasteiger partial charge is 0.396 e. The molecule has 1 aliphatic heterocycles. The maximum Gasteiger partial charge on any atom is 0.345 e. The molecule has 5 heteroatoms. The van der Waals surface area contributed by atoms with Gasteiger partial charge in [-0.15, -0.1) is 0 Å². The summed E-state index contributed by atoms with van der Waals surface area (Å²) in [4.78, 5) is 17.3. The number of aliphatic hydroxyl groups is 1. The highest BCUT2D eigenvalue weighted by atomic mass is 16.3. The van der Waals surface area contributed by atoms with E-state index in [0.717, 1.165) is 12.8 Å². The third-order valence-corrected chi connectivity index (χ3v) is 2.96. The first-order valence-electron chi connectivity index (χ1n) is 5.78. The summed E-state index contributed by atoms with van der Waals surface area (Å²) in [7, 11) is 0. The second-order valence-corrected chi connectivity index (χ2v) is 4.59. The Labute approximate surface area is 96.3 Å². The molecule has 0 aromatic heterocycles. The normalized spacial score (nSPS) is 19.2. The molecule has 0 unspecified atom stereocenters. The van der Waals surface area contributed by atoms with Gasteiger partial charge >= 0.3 is 6.03 Å². The van der Waals surface area contributed by atoms with E-state index in [1.54, 1.807) is 4.90 Å². The number of aliphatic imine (C=N–C) groups is 1. The maximum atomic E-state index is 11.7. The first-order valence-corrected chi connectivity index (χ1v) is 5.78. The molecule has 5 nitrogen and oxygen atoms in total. The quantitative estimate of drug-likeness (QED) is 0.541. The van der Waals surface area contributed by atoms with Crippen LogP contribution in [-0.2, 0) is 0 Å². The molecule has 3 N–H and O–H groups in total. The summed E-state index contributed by atoms with van der Waals surface area (Å²) in [6, 6.07) is -0.248. The van der Waals surface area contributed by atoms with Crippen LogP contribution in [0.15, 0.2) is 4.99 Å². The average Bonchev–Trinajstić information content (AvgIpc) is 2.28. The van der Waals surface area contributed by atoms with Crippen molar-refractivity contribution in [2.45, 2.75) is 26.7 Å². The minimum atomic E-state index is -0.248. The third kappa shape index (κ3) is 3.48. The molecule has 1 saturated heterocycles. The first-order chi connectivity index (χ1) is 7.54. The number of carbonyl (C=O) groups excluding carboxylic acids is 1. The van der Waals surface area contributed by atoms with Crippen LogP contribution in [0.3, 0.4) is 0 Å². The van der Waals surface area contributed by atoms with Gasteiger partial charge < -0.3 is 15.7 Å². The van der Waals surface area contributed by atoms with Crippen LogP contribution in [0.4, 0.5) is 4.79 Å². The minimum absolute atomic E-state index is 0.0962. The molecule has 0 saturated carbocycles. The van der Waals surface area contributed by atoms with Gasteiger partial charge in [0.25, 0.3) is 0 Å². The summed E-state index contributed by atoms with van der Waals surface area (Å²) in [6.45, 7) is 5.35. The number of amides is 2. The monoisotopic (exact) mass is 227 g/mol. The molecular formula is C11H21N3O2. The van der Waals surface area contributed by atoms with E-state index in [2.05, 4.69) is 4.99 Å². The molecule has 0 bridgehead atoms. The van der Waals surface area contributed by atoms with E-state index in [1.165, 1.54) is 0 Å². The predicted molar refractivity (Wildman–Crippen MR) is 63.2 cm³/mol. The molecule has 1 heterocycles. The lowest BCUT2D eigenvalue weighted by atomic mass is 9.98. The summed E-state index contributed by atoms with van der Waals surface area (Å²) in [6.07, 6.45) is 1.69. The zero-order valence-electron chi connectivity index (χ0n) is 10.0. The lowest BCUT2D eigenvalue weighted by Crippen LogP contribution is -2.38. The van der Waals surface area contributed by atoms with Gasteiger partial charge in [0, 0.05) is 25.6 Å². The molecule has 0 spiro atoms. The number of nitrogens with zero attached hydrogens (tertiary/aromatic N) is 2. The molecule has 1 fully saturated rings. The fraction of sp³-hybridized carbons (Fsp3) is 0.818. The number of nitrogens with two attached hydrogens (primary N) is 1. The molecule has 1 rings (SSSR count). The number of piperidine rings is 1. The standard InChI is InChI=1S/C11H21N3O2/c1-8(2)10(12)13-11(16)14-5-3-9(7-15)4-6-14/h8-9,15H,3-7H2,1-2H3,(H2,12,13,16). The third-order valence-electron chi connectivity index (χ3n) is 2.96. The molecule has 92 valence electrons. The van der Waals surface area contributed by atoms with E-state index in [-0.39, 0.29) is 18.6 Å². The van der Waals surface area contributed by atoms with Crippen LogP contribution in [0, 0.1) is 11.8 Å². The molecule has 0 aliphatic carbocycles. The Morgan fingerprint density at radius 3 is 2.50 bits per heavy atom. The van der Waals surface area contributed by atoms with Crippen molar-refractivity contribution in [1.29, 1.82) is 0 Å². The Balaban J connectivity index is 2.48. The number of hydrogen-bond donors (Lipinski definition) is 2. The van der Waals surface area contributed by atoms with Crippen LogP contribution >= 0.6 is 0 Å². The van der Waals surface area contributed by atoms with Gasteiger partial charge in [-0.05, 0) is 18.8 Å². The Bertz CT molecular complexity index is 268. The Morgan fingerprint density at radius 2 is 2.06 bits per heavy atom. The molecule has 0 aromatic rings. The number of amidine groups is 1. The highest BCUT2D eigenvalue weighted by Crippen LogP contribution is 2.16. The fourth-order valence-electron chi connectivity index (χ4n) is 1.62.